The number of hydrogen-bond donors (Lipinski definition) is 2. The monoisotopic (exact) mass is 493 g/mol. The average Bonchev–Trinajstić information content (AvgIpc) is 2.78. The minimum atomic E-state index is -0.187. The summed E-state index contributed by atoms with van der Waals surface area (Å²) in [6, 6.07) is 23.7. The summed E-state index contributed by atoms with van der Waals surface area (Å²) in [4.78, 5) is 26.6. The number of hydrogen-bond acceptors (Lipinski definition) is 3. The minimum Gasteiger partial charge on any atom is -0.352 e. The quantitative estimate of drug-likeness (QED) is 0.457. The van der Waals surface area contributed by atoms with Crippen molar-refractivity contribution in [2.24, 2.45) is 0 Å². The number of carbonyl (C=O) groups excluding carboxylic acids is 2. The molecule has 0 aliphatic rings. The molecule has 3 rings (SSSR count). The second-order valence-electron chi connectivity index (χ2n) is 7.88. The number of halogens is 1. The Balaban J connectivity index is 1.51. The van der Waals surface area contributed by atoms with E-state index in [4.69, 9.17) is 0 Å². The van der Waals surface area contributed by atoms with Crippen molar-refractivity contribution >= 4 is 27.7 Å². The number of nitrogens with zero attached hydrogens (tertiary/aromatic N) is 1. The van der Waals surface area contributed by atoms with Crippen molar-refractivity contribution < 1.29 is 9.59 Å². The van der Waals surface area contributed by atoms with Gasteiger partial charge in [0.1, 0.15) is 0 Å². The maximum absolute atomic E-state index is 12.3. The van der Waals surface area contributed by atoms with Gasteiger partial charge < -0.3 is 15.5 Å². The van der Waals surface area contributed by atoms with Gasteiger partial charge in [0, 0.05) is 36.1 Å². The van der Waals surface area contributed by atoms with Crippen LogP contribution in [0.15, 0.2) is 77.3 Å². The number of rotatable bonds is 9. The molecule has 0 bridgehead atoms. The molecule has 166 valence electrons. The lowest BCUT2D eigenvalue weighted by Gasteiger charge is -2.13. The molecule has 6 heteroatoms. The Morgan fingerprint density at radius 1 is 0.875 bits per heavy atom. The second-order valence-corrected chi connectivity index (χ2v) is 8.80. The molecule has 0 atom stereocenters. The van der Waals surface area contributed by atoms with E-state index < -0.39 is 0 Å². The zero-order valence-corrected chi connectivity index (χ0v) is 20.0. The van der Waals surface area contributed by atoms with Crippen LogP contribution in [0.2, 0.25) is 0 Å². The fraction of sp³-hybridized carbons (Fsp3) is 0.231. The first-order valence-corrected chi connectivity index (χ1v) is 11.3. The summed E-state index contributed by atoms with van der Waals surface area (Å²) in [5.41, 5.74) is 5.11. The van der Waals surface area contributed by atoms with E-state index in [9.17, 15) is 9.59 Å². The first-order valence-electron chi connectivity index (χ1n) is 10.5. The highest BCUT2D eigenvalue weighted by atomic mass is 79.9. The molecule has 0 spiro atoms. The lowest BCUT2D eigenvalue weighted by atomic mass is 9.98. The molecular weight excluding hydrogens is 466 g/mol. The van der Waals surface area contributed by atoms with E-state index >= 15 is 0 Å². The zero-order chi connectivity index (χ0) is 22.9. The molecule has 0 fully saturated rings. The van der Waals surface area contributed by atoms with E-state index in [-0.39, 0.29) is 24.8 Å². The van der Waals surface area contributed by atoms with Crippen molar-refractivity contribution in [1.82, 2.24) is 15.5 Å². The van der Waals surface area contributed by atoms with Gasteiger partial charge in [-0.3, -0.25) is 9.59 Å². The molecule has 0 aliphatic heterocycles. The van der Waals surface area contributed by atoms with Crippen LogP contribution >= 0.6 is 15.9 Å². The van der Waals surface area contributed by atoms with Gasteiger partial charge in [0.2, 0.25) is 5.91 Å². The van der Waals surface area contributed by atoms with Crippen molar-refractivity contribution in [3.05, 3.63) is 94.0 Å². The third-order valence-electron chi connectivity index (χ3n) is 5.00. The summed E-state index contributed by atoms with van der Waals surface area (Å²) in [7, 11) is 4.11. The molecule has 0 saturated carbocycles. The summed E-state index contributed by atoms with van der Waals surface area (Å²) >= 11 is 3.35. The normalized spacial score (nSPS) is 10.8. The molecule has 3 aromatic carbocycles. The van der Waals surface area contributed by atoms with Gasteiger partial charge in [0.05, 0.1) is 0 Å². The lowest BCUT2D eigenvalue weighted by Crippen LogP contribution is -2.30. The Labute approximate surface area is 198 Å². The van der Waals surface area contributed by atoms with Gasteiger partial charge >= 0.3 is 0 Å². The smallest absolute Gasteiger partial charge is 0.251 e. The molecule has 32 heavy (non-hydrogen) atoms. The molecular formula is C26H28BrN3O2. The molecule has 2 N–H and O–H groups in total. The predicted octanol–water partition coefficient (Wildman–Crippen LogP) is 4.61. The molecule has 0 heterocycles. The van der Waals surface area contributed by atoms with Gasteiger partial charge in [-0.2, -0.15) is 0 Å². The molecule has 0 radical (unpaired) electrons. The van der Waals surface area contributed by atoms with Crippen LogP contribution in [-0.2, 0) is 17.9 Å². The Bertz CT molecular complexity index is 1050. The SMILES string of the molecule is CN(C)Cc1ccc(-c2ccccc2CNC(=O)CCNC(=O)c2ccc(Br)cc2)cc1. The number of amides is 2. The Kier molecular flexibility index (Phi) is 8.59. The van der Waals surface area contributed by atoms with Gasteiger partial charge in [-0.15, -0.1) is 0 Å². The Morgan fingerprint density at radius 3 is 2.25 bits per heavy atom. The standard InChI is InChI=1S/C26H28BrN3O2/c1-30(2)18-19-7-9-20(10-8-19)24-6-4-3-5-22(24)17-29-25(31)15-16-28-26(32)21-11-13-23(27)14-12-21/h3-14H,15-18H2,1-2H3,(H,28,32)(H,29,31). The van der Waals surface area contributed by atoms with Crippen molar-refractivity contribution in [3.63, 3.8) is 0 Å². The van der Waals surface area contributed by atoms with Crippen molar-refractivity contribution in [1.29, 1.82) is 0 Å². The highest BCUT2D eigenvalue weighted by Gasteiger charge is 2.09. The molecule has 0 aromatic heterocycles. The summed E-state index contributed by atoms with van der Waals surface area (Å²) in [6.45, 7) is 1.63. The largest absolute Gasteiger partial charge is 0.352 e. The maximum atomic E-state index is 12.3. The van der Waals surface area contributed by atoms with Gasteiger partial charge in [0.25, 0.3) is 5.91 Å². The zero-order valence-electron chi connectivity index (χ0n) is 18.4. The molecule has 0 unspecified atom stereocenters. The lowest BCUT2D eigenvalue weighted by molar-refractivity contribution is -0.121. The second kappa shape index (κ2) is 11.6. The molecule has 5 nitrogen and oxygen atoms in total. The summed E-state index contributed by atoms with van der Waals surface area (Å²) in [5.74, 6) is -0.286. The summed E-state index contributed by atoms with van der Waals surface area (Å²) in [5, 5.41) is 5.75. The summed E-state index contributed by atoms with van der Waals surface area (Å²) < 4.78 is 0.915. The van der Waals surface area contributed by atoms with Crippen molar-refractivity contribution in [2.45, 2.75) is 19.5 Å². The fourth-order valence-electron chi connectivity index (χ4n) is 3.39. The van der Waals surface area contributed by atoms with Crippen LogP contribution in [0.1, 0.15) is 27.9 Å². The predicted molar refractivity (Wildman–Crippen MR) is 132 cm³/mol. The third kappa shape index (κ3) is 7.04. The van der Waals surface area contributed by atoms with Gasteiger partial charge in [-0.1, -0.05) is 64.5 Å². The Morgan fingerprint density at radius 2 is 1.56 bits per heavy atom. The van der Waals surface area contributed by atoms with Crippen LogP contribution in [0, 0.1) is 0 Å². The van der Waals surface area contributed by atoms with E-state index in [0.717, 1.165) is 27.7 Å². The van der Waals surface area contributed by atoms with Crippen LogP contribution in [0.3, 0.4) is 0 Å². The van der Waals surface area contributed by atoms with E-state index in [2.05, 4.69) is 75.9 Å². The average molecular weight is 494 g/mol. The molecule has 0 saturated heterocycles. The highest BCUT2D eigenvalue weighted by Crippen LogP contribution is 2.24. The van der Waals surface area contributed by atoms with Crippen LogP contribution in [0.25, 0.3) is 11.1 Å². The number of nitrogens with one attached hydrogen (secondary N) is 2. The fourth-order valence-corrected chi connectivity index (χ4v) is 3.65. The minimum absolute atomic E-state index is 0.0998. The maximum Gasteiger partial charge on any atom is 0.251 e. The van der Waals surface area contributed by atoms with E-state index in [1.54, 1.807) is 12.1 Å². The Hall–Kier alpha value is -2.96. The van der Waals surface area contributed by atoms with E-state index in [1.165, 1.54) is 5.56 Å². The van der Waals surface area contributed by atoms with Crippen molar-refractivity contribution in [2.75, 3.05) is 20.6 Å². The first kappa shape index (κ1) is 23.7. The third-order valence-corrected chi connectivity index (χ3v) is 5.53. The highest BCUT2D eigenvalue weighted by molar-refractivity contribution is 9.10. The van der Waals surface area contributed by atoms with Gasteiger partial charge in [0.15, 0.2) is 0 Å². The van der Waals surface area contributed by atoms with E-state index in [0.29, 0.717) is 12.1 Å². The van der Waals surface area contributed by atoms with Gasteiger partial charge in [-0.05, 0) is 60.6 Å². The van der Waals surface area contributed by atoms with E-state index in [1.807, 2.05) is 30.3 Å². The summed E-state index contributed by atoms with van der Waals surface area (Å²) in [6.07, 6.45) is 0.226. The van der Waals surface area contributed by atoms with Gasteiger partial charge in [-0.25, -0.2) is 0 Å². The first-order chi connectivity index (χ1) is 15.4. The molecule has 3 aromatic rings. The van der Waals surface area contributed by atoms with Crippen molar-refractivity contribution in [3.8, 4) is 11.1 Å². The van der Waals surface area contributed by atoms with Crippen LogP contribution in [0.4, 0.5) is 0 Å². The number of benzene rings is 3. The topological polar surface area (TPSA) is 61.4 Å². The van der Waals surface area contributed by atoms with Crippen LogP contribution < -0.4 is 10.6 Å². The molecule has 0 aliphatic carbocycles. The molecule has 2 amide bonds. The number of carbonyl (C=O) groups is 2. The van der Waals surface area contributed by atoms with Crippen LogP contribution in [0.5, 0.6) is 0 Å². The van der Waals surface area contributed by atoms with Crippen LogP contribution in [-0.4, -0.2) is 37.4 Å².